The summed E-state index contributed by atoms with van der Waals surface area (Å²) in [5.74, 6) is 0.102. The van der Waals surface area contributed by atoms with Crippen molar-refractivity contribution in [1.29, 1.82) is 0 Å². The van der Waals surface area contributed by atoms with Crippen molar-refractivity contribution in [3.63, 3.8) is 0 Å². The number of hydrogen-bond acceptors (Lipinski definition) is 5. The number of fused-ring (bicyclic) bond motifs is 1. The van der Waals surface area contributed by atoms with Crippen LogP contribution in [-0.2, 0) is 16.0 Å². The van der Waals surface area contributed by atoms with Crippen LogP contribution in [0.15, 0.2) is 21.3 Å². The van der Waals surface area contributed by atoms with Crippen LogP contribution in [0.2, 0.25) is 5.02 Å². The number of halogens is 1. The van der Waals surface area contributed by atoms with Gasteiger partial charge in [-0.15, -0.1) is 0 Å². The zero-order valence-corrected chi connectivity index (χ0v) is 13.5. The molecule has 1 aromatic heterocycles. The van der Waals surface area contributed by atoms with E-state index in [1.165, 1.54) is 7.11 Å². The van der Waals surface area contributed by atoms with Gasteiger partial charge in [-0.2, -0.15) is 0 Å². The third-order valence-electron chi connectivity index (χ3n) is 3.44. The standard InChI is InChI=1S/C16H17ClO5/c1-4-21-15(18)6-5-10-9(2)11-7-12(17)14(20-3)8-13(11)22-16(10)19/h7-8H,4-6H2,1-3H3. The van der Waals surface area contributed by atoms with Gasteiger partial charge in [0.1, 0.15) is 11.3 Å². The highest BCUT2D eigenvalue weighted by atomic mass is 35.5. The molecule has 118 valence electrons. The van der Waals surface area contributed by atoms with Crippen LogP contribution in [0.3, 0.4) is 0 Å². The summed E-state index contributed by atoms with van der Waals surface area (Å²) < 4.78 is 15.3. The predicted molar refractivity (Wildman–Crippen MR) is 83.7 cm³/mol. The number of aryl methyl sites for hydroxylation is 1. The maximum atomic E-state index is 12.1. The molecule has 0 aliphatic rings. The zero-order chi connectivity index (χ0) is 16.3. The number of carbonyl (C=O) groups excluding carboxylic acids is 1. The highest BCUT2D eigenvalue weighted by Gasteiger charge is 2.15. The van der Waals surface area contributed by atoms with Gasteiger partial charge in [-0.25, -0.2) is 4.79 Å². The van der Waals surface area contributed by atoms with Gasteiger partial charge < -0.3 is 13.9 Å². The molecule has 0 aliphatic heterocycles. The fourth-order valence-corrected chi connectivity index (χ4v) is 2.54. The average molecular weight is 325 g/mol. The first-order valence-electron chi connectivity index (χ1n) is 6.93. The molecule has 2 aromatic rings. The minimum Gasteiger partial charge on any atom is -0.495 e. The Kier molecular flexibility index (Phi) is 5.08. The smallest absolute Gasteiger partial charge is 0.339 e. The lowest BCUT2D eigenvalue weighted by molar-refractivity contribution is -0.143. The van der Waals surface area contributed by atoms with E-state index in [-0.39, 0.29) is 18.8 Å². The lowest BCUT2D eigenvalue weighted by Crippen LogP contribution is -2.13. The summed E-state index contributed by atoms with van der Waals surface area (Å²) in [5.41, 5.74) is 1.16. The van der Waals surface area contributed by atoms with Crippen LogP contribution in [0.25, 0.3) is 11.0 Å². The van der Waals surface area contributed by atoms with Crippen LogP contribution in [0, 0.1) is 6.92 Å². The lowest BCUT2D eigenvalue weighted by atomic mass is 10.0. The van der Waals surface area contributed by atoms with Gasteiger partial charge in [-0.05, 0) is 31.9 Å². The highest BCUT2D eigenvalue weighted by molar-refractivity contribution is 6.32. The molecule has 0 atom stereocenters. The van der Waals surface area contributed by atoms with Crippen molar-refractivity contribution in [2.75, 3.05) is 13.7 Å². The first-order valence-corrected chi connectivity index (χ1v) is 7.31. The van der Waals surface area contributed by atoms with E-state index in [4.69, 9.17) is 25.5 Å². The van der Waals surface area contributed by atoms with Crippen LogP contribution in [0.5, 0.6) is 5.75 Å². The van der Waals surface area contributed by atoms with Gasteiger partial charge in [-0.3, -0.25) is 4.79 Å². The molecule has 2 rings (SSSR count). The number of hydrogen-bond donors (Lipinski definition) is 0. The van der Waals surface area contributed by atoms with E-state index in [0.717, 1.165) is 10.9 Å². The van der Waals surface area contributed by atoms with Crippen molar-refractivity contribution >= 4 is 28.5 Å². The monoisotopic (exact) mass is 324 g/mol. The van der Waals surface area contributed by atoms with Crippen molar-refractivity contribution in [3.05, 3.63) is 38.7 Å². The fraction of sp³-hybridized carbons (Fsp3) is 0.375. The molecule has 1 aromatic carbocycles. The molecule has 22 heavy (non-hydrogen) atoms. The van der Waals surface area contributed by atoms with Crippen molar-refractivity contribution in [1.82, 2.24) is 0 Å². The lowest BCUT2D eigenvalue weighted by Gasteiger charge is -2.10. The molecule has 1 heterocycles. The quantitative estimate of drug-likeness (QED) is 0.624. The number of ether oxygens (including phenoxy) is 2. The van der Waals surface area contributed by atoms with E-state index >= 15 is 0 Å². The summed E-state index contributed by atoms with van der Waals surface area (Å²) in [4.78, 5) is 23.6. The van der Waals surface area contributed by atoms with E-state index in [1.807, 2.05) is 6.92 Å². The van der Waals surface area contributed by atoms with Crippen LogP contribution in [0.1, 0.15) is 24.5 Å². The largest absolute Gasteiger partial charge is 0.495 e. The number of esters is 1. The second-order valence-electron chi connectivity index (χ2n) is 4.78. The normalized spacial score (nSPS) is 10.7. The number of carbonyl (C=O) groups is 1. The number of methoxy groups -OCH3 is 1. The Morgan fingerprint density at radius 3 is 2.73 bits per heavy atom. The summed E-state index contributed by atoms with van der Waals surface area (Å²) in [6.45, 7) is 3.87. The second-order valence-corrected chi connectivity index (χ2v) is 5.19. The summed E-state index contributed by atoms with van der Waals surface area (Å²) in [6, 6.07) is 3.28. The molecule has 0 saturated heterocycles. The molecule has 0 radical (unpaired) electrons. The fourth-order valence-electron chi connectivity index (χ4n) is 2.30. The van der Waals surface area contributed by atoms with Gasteiger partial charge in [0.15, 0.2) is 0 Å². The second kappa shape index (κ2) is 6.83. The van der Waals surface area contributed by atoms with Gasteiger partial charge in [-0.1, -0.05) is 11.6 Å². The molecule has 0 bridgehead atoms. The summed E-state index contributed by atoms with van der Waals surface area (Å²) in [6.07, 6.45) is 0.404. The van der Waals surface area contributed by atoms with Crippen LogP contribution in [0.4, 0.5) is 0 Å². The van der Waals surface area contributed by atoms with Gasteiger partial charge in [0, 0.05) is 23.4 Å². The highest BCUT2D eigenvalue weighted by Crippen LogP contribution is 2.31. The molecule has 0 N–H and O–H groups in total. The van der Waals surface area contributed by atoms with Crippen LogP contribution >= 0.6 is 11.6 Å². The third kappa shape index (κ3) is 3.25. The molecule has 0 aliphatic carbocycles. The van der Waals surface area contributed by atoms with E-state index in [9.17, 15) is 9.59 Å². The molecule has 5 nitrogen and oxygen atoms in total. The summed E-state index contributed by atoms with van der Waals surface area (Å²) in [7, 11) is 1.49. The van der Waals surface area contributed by atoms with Gasteiger partial charge in [0.25, 0.3) is 0 Å². The van der Waals surface area contributed by atoms with Crippen LogP contribution in [-0.4, -0.2) is 19.7 Å². The molecular formula is C16H17ClO5. The molecule has 6 heteroatoms. The van der Waals surface area contributed by atoms with E-state index in [0.29, 0.717) is 28.5 Å². The van der Waals surface area contributed by atoms with E-state index in [2.05, 4.69) is 0 Å². The molecule has 0 amide bonds. The third-order valence-corrected chi connectivity index (χ3v) is 3.74. The van der Waals surface area contributed by atoms with Crippen molar-refractivity contribution in [2.45, 2.75) is 26.7 Å². The van der Waals surface area contributed by atoms with E-state index < -0.39 is 5.63 Å². The molecule has 0 saturated carbocycles. The maximum Gasteiger partial charge on any atom is 0.339 e. The van der Waals surface area contributed by atoms with Gasteiger partial charge in [0.05, 0.1) is 18.7 Å². The molecule has 0 fully saturated rings. The predicted octanol–water partition coefficient (Wildman–Crippen LogP) is 3.26. The first-order chi connectivity index (χ1) is 10.5. The number of rotatable bonds is 5. The first kappa shape index (κ1) is 16.4. The van der Waals surface area contributed by atoms with Crippen LogP contribution < -0.4 is 10.4 Å². The Morgan fingerprint density at radius 2 is 2.09 bits per heavy atom. The molecule has 0 spiro atoms. The van der Waals surface area contributed by atoms with Crippen molar-refractivity contribution in [3.8, 4) is 5.75 Å². The summed E-state index contributed by atoms with van der Waals surface area (Å²) in [5, 5.41) is 1.16. The number of benzene rings is 1. The molecular weight excluding hydrogens is 308 g/mol. The Bertz CT molecular complexity index is 763. The summed E-state index contributed by atoms with van der Waals surface area (Å²) >= 11 is 6.12. The minimum absolute atomic E-state index is 0.134. The SMILES string of the molecule is CCOC(=O)CCc1c(C)c2cc(Cl)c(OC)cc2oc1=O. The Morgan fingerprint density at radius 1 is 1.36 bits per heavy atom. The average Bonchev–Trinajstić information content (AvgIpc) is 2.47. The Balaban J connectivity index is 2.44. The van der Waals surface area contributed by atoms with E-state index in [1.54, 1.807) is 19.1 Å². The maximum absolute atomic E-state index is 12.1. The zero-order valence-electron chi connectivity index (χ0n) is 12.7. The Labute approximate surface area is 132 Å². The molecule has 0 unspecified atom stereocenters. The van der Waals surface area contributed by atoms with Crippen molar-refractivity contribution in [2.24, 2.45) is 0 Å². The van der Waals surface area contributed by atoms with Crippen molar-refractivity contribution < 1.29 is 18.7 Å². The topological polar surface area (TPSA) is 65.7 Å². The van der Waals surface area contributed by atoms with Gasteiger partial charge in [0.2, 0.25) is 0 Å². The minimum atomic E-state index is -0.460. The Hall–Kier alpha value is -2.01. The van der Waals surface area contributed by atoms with Gasteiger partial charge >= 0.3 is 11.6 Å².